The number of nitrogens with two attached hydrogens (primary N) is 1. The molecule has 82 valence electrons. The predicted octanol–water partition coefficient (Wildman–Crippen LogP) is 1.84. The molecule has 2 unspecified atom stereocenters. The highest BCUT2D eigenvalue weighted by Crippen LogP contribution is 2.38. The van der Waals surface area contributed by atoms with Gasteiger partial charge in [0.1, 0.15) is 0 Å². The van der Waals surface area contributed by atoms with Gasteiger partial charge in [0, 0.05) is 18.6 Å². The zero-order valence-corrected chi connectivity index (χ0v) is 9.58. The molecule has 2 N–H and O–H groups in total. The predicted molar refractivity (Wildman–Crippen MR) is 60.1 cm³/mol. The van der Waals surface area contributed by atoms with Crippen molar-refractivity contribution in [2.45, 2.75) is 51.6 Å². The second-order valence-electron chi connectivity index (χ2n) is 5.55. The Balaban J connectivity index is 1.96. The third-order valence-electron chi connectivity index (χ3n) is 3.89. The maximum atomic E-state index is 5.78. The first kappa shape index (κ1) is 10.4. The molecule has 2 fully saturated rings. The SMILES string of the molecule is CC(C)CN1C2CCC1CC(CN)C2. The van der Waals surface area contributed by atoms with Gasteiger partial charge in [0.2, 0.25) is 0 Å². The minimum Gasteiger partial charge on any atom is -0.330 e. The van der Waals surface area contributed by atoms with Crippen molar-refractivity contribution in [3.63, 3.8) is 0 Å². The van der Waals surface area contributed by atoms with Crippen molar-refractivity contribution in [3.8, 4) is 0 Å². The van der Waals surface area contributed by atoms with Gasteiger partial charge in [0.15, 0.2) is 0 Å². The number of hydrogen-bond acceptors (Lipinski definition) is 2. The summed E-state index contributed by atoms with van der Waals surface area (Å²) in [6.45, 7) is 6.86. The number of nitrogens with zero attached hydrogens (tertiary/aromatic N) is 1. The lowest BCUT2D eigenvalue weighted by Gasteiger charge is -2.39. The summed E-state index contributed by atoms with van der Waals surface area (Å²) in [6.07, 6.45) is 5.57. The molecule has 2 saturated heterocycles. The summed E-state index contributed by atoms with van der Waals surface area (Å²) >= 11 is 0. The standard InChI is InChI=1S/C12H24N2/c1-9(2)8-14-11-3-4-12(14)6-10(5-11)7-13/h9-12H,3-8,13H2,1-2H3. The van der Waals surface area contributed by atoms with Crippen molar-refractivity contribution in [1.29, 1.82) is 0 Å². The van der Waals surface area contributed by atoms with E-state index in [0.717, 1.165) is 30.5 Å². The van der Waals surface area contributed by atoms with E-state index in [1.807, 2.05) is 0 Å². The Hall–Kier alpha value is -0.0800. The molecule has 2 nitrogen and oxygen atoms in total. The molecule has 0 amide bonds. The minimum atomic E-state index is 0.813. The largest absolute Gasteiger partial charge is 0.330 e. The maximum Gasteiger partial charge on any atom is 0.0102 e. The van der Waals surface area contributed by atoms with Gasteiger partial charge >= 0.3 is 0 Å². The third-order valence-corrected chi connectivity index (χ3v) is 3.89. The lowest BCUT2D eigenvalue weighted by molar-refractivity contribution is 0.0937. The topological polar surface area (TPSA) is 29.3 Å². The van der Waals surface area contributed by atoms with Crippen molar-refractivity contribution in [1.82, 2.24) is 4.90 Å². The molecule has 14 heavy (non-hydrogen) atoms. The molecule has 2 rings (SSSR count). The van der Waals surface area contributed by atoms with Crippen LogP contribution in [0.4, 0.5) is 0 Å². The van der Waals surface area contributed by atoms with Crippen molar-refractivity contribution in [2.75, 3.05) is 13.1 Å². The molecule has 2 bridgehead atoms. The van der Waals surface area contributed by atoms with Crippen molar-refractivity contribution < 1.29 is 0 Å². The van der Waals surface area contributed by atoms with E-state index in [0.29, 0.717) is 0 Å². The Bertz CT molecular complexity index is 177. The first-order valence-electron chi connectivity index (χ1n) is 6.16. The van der Waals surface area contributed by atoms with Crippen LogP contribution in [0.5, 0.6) is 0 Å². The Kier molecular flexibility index (Phi) is 3.13. The lowest BCUT2D eigenvalue weighted by Crippen LogP contribution is -2.45. The van der Waals surface area contributed by atoms with E-state index < -0.39 is 0 Å². The van der Waals surface area contributed by atoms with Crippen molar-refractivity contribution >= 4 is 0 Å². The molecule has 2 aliphatic rings. The number of piperidine rings is 1. The van der Waals surface area contributed by atoms with Gasteiger partial charge in [-0.15, -0.1) is 0 Å². The molecular weight excluding hydrogens is 172 g/mol. The molecule has 0 aliphatic carbocycles. The van der Waals surface area contributed by atoms with E-state index in [1.165, 1.54) is 32.2 Å². The molecule has 0 radical (unpaired) electrons. The van der Waals surface area contributed by atoms with E-state index in [-0.39, 0.29) is 0 Å². The van der Waals surface area contributed by atoms with Crippen LogP contribution in [0.1, 0.15) is 39.5 Å². The summed E-state index contributed by atoms with van der Waals surface area (Å²) in [6, 6.07) is 1.73. The molecule has 2 heterocycles. The van der Waals surface area contributed by atoms with E-state index in [2.05, 4.69) is 18.7 Å². The molecule has 2 aliphatic heterocycles. The first-order valence-corrected chi connectivity index (χ1v) is 6.16. The Morgan fingerprint density at radius 1 is 1.21 bits per heavy atom. The van der Waals surface area contributed by atoms with Crippen molar-refractivity contribution in [3.05, 3.63) is 0 Å². The highest BCUT2D eigenvalue weighted by Gasteiger charge is 2.39. The minimum absolute atomic E-state index is 0.813. The van der Waals surface area contributed by atoms with Crippen molar-refractivity contribution in [2.24, 2.45) is 17.6 Å². The van der Waals surface area contributed by atoms with Gasteiger partial charge < -0.3 is 5.73 Å². The smallest absolute Gasteiger partial charge is 0.0102 e. The van der Waals surface area contributed by atoms with E-state index >= 15 is 0 Å². The third kappa shape index (κ3) is 1.96. The average Bonchev–Trinajstić information content (AvgIpc) is 2.38. The number of hydrogen-bond donors (Lipinski definition) is 1. The normalized spacial score (nSPS) is 38.1. The highest BCUT2D eigenvalue weighted by molar-refractivity contribution is 4.95. The maximum absolute atomic E-state index is 5.78. The van der Waals surface area contributed by atoms with Gasteiger partial charge in [-0.05, 0) is 44.1 Å². The van der Waals surface area contributed by atoms with Crippen LogP contribution in [0.15, 0.2) is 0 Å². The molecule has 0 aromatic rings. The Morgan fingerprint density at radius 3 is 2.21 bits per heavy atom. The average molecular weight is 196 g/mol. The molecule has 0 aromatic heterocycles. The van der Waals surface area contributed by atoms with E-state index in [1.54, 1.807) is 0 Å². The van der Waals surface area contributed by atoms with Crippen LogP contribution in [-0.2, 0) is 0 Å². The van der Waals surface area contributed by atoms with E-state index in [9.17, 15) is 0 Å². The molecule has 0 saturated carbocycles. The van der Waals surface area contributed by atoms with Gasteiger partial charge in [-0.2, -0.15) is 0 Å². The zero-order valence-electron chi connectivity index (χ0n) is 9.58. The molecule has 0 aromatic carbocycles. The second kappa shape index (κ2) is 4.19. The number of fused-ring (bicyclic) bond motifs is 2. The summed E-state index contributed by atoms with van der Waals surface area (Å²) in [7, 11) is 0. The number of rotatable bonds is 3. The van der Waals surface area contributed by atoms with Crippen LogP contribution >= 0.6 is 0 Å². The molecule has 2 atom stereocenters. The monoisotopic (exact) mass is 196 g/mol. The van der Waals surface area contributed by atoms with Gasteiger partial charge in [-0.1, -0.05) is 13.8 Å². The van der Waals surface area contributed by atoms with Crippen LogP contribution in [-0.4, -0.2) is 30.1 Å². The zero-order chi connectivity index (χ0) is 10.1. The van der Waals surface area contributed by atoms with Gasteiger partial charge in [0.05, 0.1) is 0 Å². The molecular formula is C12H24N2. The van der Waals surface area contributed by atoms with Gasteiger partial charge in [0.25, 0.3) is 0 Å². The van der Waals surface area contributed by atoms with Crippen LogP contribution in [0.25, 0.3) is 0 Å². The summed E-state index contributed by atoms with van der Waals surface area (Å²) in [5.74, 6) is 1.63. The quantitative estimate of drug-likeness (QED) is 0.746. The van der Waals surface area contributed by atoms with Crippen LogP contribution < -0.4 is 5.73 Å². The Morgan fingerprint density at radius 2 is 1.79 bits per heavy atom. The Labute approximate surface area is 87.8 Å². The summed E-state index contributed by atoms with van der Waals surface area (Å²) in [5.41, 5.74) is 5.78. The fourth-order valence-corrected chi connectivity index (χ4v) is 3.30. The van der Waals surface area contributed by atoms with Gasteiger partial charge in [-0.3, -0.25) is 4.90 Å². The summed E-state index contributed by atoms with van der Waals surface area (Å²) < 4.78 is 0. The lowest BCUT2D eigenvalue weighted by atomic mass is 9.90. The molecule has 0 spiro atoms. The highest BCUT2D eigenvalue weighted by atomic mass is 15.2. The molecule has 2 heteroatoms. The fourth-order valence-electron chi connectivity index (χ4n) is 3.30. The second-order valence-corrected chi connectivity index (χ2v) is 5.55. The van der Waals surface area contributed by atoms with Crippen LogP contribution in [0.2, 0.25) is 0 Å². The fraction of sp³-hybridized carbons (Fsp3) is 1.00. The van der Waals surface area contributed by atoms with E-state index in [4.69, 9.17) is 5.73 Å². The summed E-state index contributed by atoms with van der Waals surface area (Å²) in [5, 5.41) is 0. The van der Waals surface area contributed by atoms with Crippen LogP contribution in [0.3, 0.4) is 0 Å². The first-order chi connectivity index (χ1) is 6.70. The summed E-state index contributed by atoms with van der Waals surface area (Å²) in [4.78, 5) is 2.76. The van der Waals surface area contributed by atoms with Crippen LogP contribution in [0, 0.1) is 11.8 Å². The van der Waals surface area contributed by atoms with Gasteiger partial charge in [-0.25, -0.2) is 0 Å².